The van der Waals surface area contributed by atoms with E-state index in [-0.39, 0.29) is 24.0 Å². The second-order valence-corrected chi connectivity index (χ2v) is 6.39. The number of hydrogen-bond acceptors (Lipinski definition) is 4. The van der Waals surface area contributed by atoms with Gasteiger partial charge in [0, 0.05) is 18.2 Å². The van der Waals surface area contributed by atoms with Gasteiger partial charge >= 0.3 is 0 Å². The van der Waals surface area contributed by atoms with Crippen LogP contribution in [-0.2, 0) is 6.54 Å². The lowest BCUT2D eigenvalue weighted by Crippen LogP contribution is -2.25. The largest absolute Gasteiger partial charge is 0.366 e. The second-order valence-electron chi connectivity index (χ2n) is 6.39. The summed E-state index contributed by atoms with van der Waals surface area (Å²) in [5.41, 5.74) is 0.665. The molecule has 0 saturated heterocycles. The topological polar surface area (TPSA) is 66.9 Å². The van der Waals surface area contributed by atoms with E-state index >= 15 is 0 Å². The van der Waals surface area contributed by atoms with Crippen LogP contribution in [0.3, 0.4) is 0 Å². The molecule has 2 N–H and O–H groups in total. The molecule has 132 valence electrons. The van der Waals surface area contributed by atoms with Crippen molar-refractivity contribution in [3.05, 3.63) is 53.7 Å². The van der Waals surface area contributed by atoms with Gasteiger partial charge in [-0.3, -0.25) is 4.79 Å². The molecular formula is C19H23FN4O. The molecule has 1 saturated carbocycles. The van der Waals surface area contributed by atoms with Crippen molar-refractivity contribution in [2.75, 3.05) is 5.32 Å². The first kappa shape index (κ1) is 17.3. The van der Waals surface area contributed by atoms with E-state index in [1.54, 1.807) is 24.4 Å². The van der Waals surface area contributed by atoms with Crippen molar-refractivity contribution in [1.82, 2.24) is 15.3 Å². The molecule has 1 aliphatic carbocycles. The van der Waals surface area contributed by atoms with Gasteiger partial charge in [0.1, 0.15) is 17.3 Å². The van der Waals surface area contributed by atoms with Crippen molar-refractivity contribution in [2.24, 2.45) is 0 Å². The Morgan fingerprint density at radius 3 is 2.52 bits per heavy atom. The average Bonchev–Trinajstić information content (AvgIpc) is 2.90. The van der Waals surface area contributed by atoms with Gasteiger partial charge in [-0.25, -0.2) is 14.4 Å². The minimum absolute atomic E-state index is 0.120. The summed E-state index contributed by atoms with van der Waals surface area (Å²) in [5, 5.41) is 6.06. The van der Waals surface area contributed by atoms with Crippen LogP contribution in [0.25, 0.3) is 0 Å². The molecular weight excluding hydrogens is 319 g/mol. The summed E-state index contributed by atoms with van der Waals surface area (Å²) in [6, 6.07) is 6.79. The zero-order valence-electron chi connectivity index (χ0n) is 14.2. The van der Waals surface area contributed by atoms with Crippen molar-refractivity contribution in [2.45, 2.75) is 51.1 Å². The Bertz CT molecular complexity index is 697. The molecule has 3 rings (SSSR count). The monoisotopic (exact) mass is 342 g/mol. The van der Waals surface area contributed by atoms with Crippen LogP contribution in [0, 0.1) is 5.82 Å². The number of hydrogen-bond donors (Lipinski definition) is 2. The molecule has 1 heterocycles. The van der Waals surface area contributed by atoms with Crippen LogP contribution in [0.5, 0.6) is 0 Å². The highest BCUT2D eigenvalue weighted by atomic mass is 19.1. The van der Waals surface area contributed by atoms with Gasteiger partial charge in [0.25, 0.3) is 5.91 Å². The van der Waals surface area contributed by atoms with Crippen LogP contribution in [0.15, 0.2) is 36.7 Å². The highest BCUT2D eigenvalue weighted by Gasteiger charge is 2.13. The molecule has 5 nitrogen and oxygen atoms in total. The van der Waals surface area contributed by atoms with E-state index in [0.717, 1.165) is 12.8 Å². The Labute approximate surface area is 147 Å². The lowest BCUT2D eigenvalue weighted by Gasteiger charge is -2.16. The molecule has 25 heavy (non-hydrogen) atoms. The normalized spacial score (nSPS) is 15.4. The highest BCUT2D eigenvalue weighted by molar-refractivity contribution is 5.91. The Morgan fingerprint density at radius 2 is 1.84 bits per heavy atom. The molecule has 0 spiro atoms. The Morgan fingerprint density at radius 1 is 1.08 bits per heavy atom. The summed E-state index contributed by atoms with van der Waals surface area (Å²) in [4.78, 5) is 20.6. The number of carbonyl (C=O) groups is 1. The predicted molar refractivity (Wildman–Crippen MR) is 94.7 cm³/mol. The number of carbonyl (C=O) groups excluding carboxylic acids is 1. The molecule has 6 heteroatoms. The van der Waals surface area contributed by atoms with Gasteiger partial charge in [0.15, 0.2) is 0 Å². The molecule has 1 aromatic heterocycles. The number of halogens is 1. The molecule has 1 aromatic carbocycles. The molecule has 0 bridgehead atoms. The highest BCUT2D eigenvalue weighted by Crippen LogP contribution is 2.20. The van der Waals surface area contributed by atoms with Crippen LogP contribution in [0.4, 0.5) is 10.2 Å². The fourth-order valence-corrected chi connectivity index (χ4v) is 3.06. The van der Waals surface area contributed by atoms with Gasteiger partial charge in [-0.2, -0.15) is 0 Å². The number of benzene rings is 1. The maximum atomic E-state index is 13.6. The van der Waals surface area contributed by atoms with Crippen molar-refractivity contribution in [1.29, 1.82) is 0 Å². The van der Waals surface area contributed by atoms with Gasteiger partial charge in [0.2, 0.25) is 0 Å². The molecule has 0 unspecified atom stereocenters. The SMILES string of the molecule is O=C(NCc1ccccc1F)c1cnc(NC2CCCCCC2)cn1. The number of anilines is 1. The van der Waals surface area contributed by atoms with E-state index in [9.17, 15) is 9.18 Å². The van der Waals surface area contributed by atoms with E-state index in [1.807, 2.05) is 0 Å². The van der Waals surface area contributed by atoms with Crippen LogP contribution < -0.4 is 10.6 Å². The minimum Gasteiger partial charge on any atom is -0.366 e. The molecule has 0 aliphatic heterocycles. The van der Waals surface area contributed by atoms with Crippen LogP contribution in [0.1, 0.15) is 54.6 Å². The molecule has 0 atom stereocenters. The Balaban J connectivity index is 1.54. The summed E-state index contributed by atoms with van der Waals surface area (Å²) in [6.07, 6.45) is 10.4. The van der Waals surface area contributed by atoms with E-state index < -0.39 is 0 Å². The van der Waals surface area contributed by atoms with E-state index in [1.165, 1.54) is 37.9 Å². The third-order valence-corrected chi connectivity index (χ3v) is 4.49. The summed E-state index contributed by atoms with van der Waals surface area (Å²) in [5.74, 6) is -0.00819. The minimum atomic E-state index is -0.364. The van der Waals surface area contributed by atoms with Gasteiger partial charge in [-0.15, -0.1) is 0 Å². The summed E-state index contributed by atoms with van der Waals surface area (Å²) < 4.78 is 13.6. The third kappa shape index (κ3) is 4.98. The maximum absolute atomic E-state index is 13.6. The van der Waals surface area contributed by atoms with Gasteiger partial charge in [0.05, 0.1) is 12.4 Å². The maximum Gasteiger partial charge on any atom is 0.271 e. The lowest BCUT2D eigenvalue weighted by molar-refractivity contribution is 0.0945. The zero-order valence-corrected chi connectivity index (χ0v) is 14.2. The summed E-state index contributed by atoms with van der Waals surface area (Å²) in [7, 11) is 0. The molecule has 1 fully saturated rings. The fraction of sp³-hybridized carbons (Fsp3) is 0.421. The first-order chi connectivity index (χ1) is 12.2. The Hall–Kier alpha value is -2.50. The Kier molecular flexibility index (Phi) is 5.93. The second kappa shape index (κ2) is 8.55. The molecule has 0 radical (unpaired) electrons. The summed E-state index contributed by atoms with van der Waals surface area (Å²) in [6.45, 7) is 0.120. The number of aromatic nitrogens is 2. The van der Waals surface area contributed by atoms with Crippen molar-refractivity contribution < 1.29 is 9.18 Å². The smallest absolute Gasteiger partial charge is 0.271 e. The van der Waals surface area contributed by atoms with Crippen molar-refractivity contribution >= 4 is 11.7 Å². The van der Waals surface area contributed by atoms with Gasteiger partial charge in [-0.05, 0) is 18.9 Å². The van der Waals surface area contributed by atoms with Crippen LogP contribution >= 0.6 is 0 Å². The van der Waals surface area contributed by atoms with Crippen molar-refractivity contribution in [3.63, 3.8) is 0 Å². The van der Waals surface area contributed by atoms with E-state index in [2.05, 4.69) is 20.6 Å². The van der Waals surface area contributed by atoms with E-state index in [4.69, 9.17) is 0 Å². The third-order valence-electron chi connectivity index (χ3n) is 4.49. The fourth-order valence-electron chi connectivity index (χ4n) is 3.06. The standard InChI is InChI=1S/C19H23FN4O/c20-16-10-6-5-7-14(16)11-23-19(25)17-12-22-18(13-21-17)24-15-8-3-1-2-4-9-15/h5-7,10,12-13,15H,1-4,8-9,11H2,(H,22,24)(H,23,25). The summed E-state index contributed by atoms with van der Waals surface area (Å²) >= 11 is 0. The number of nitrogens with zero attached hydrogens (tertiary/aromatic N) is 2. The van der Waals surface area contributed by atoms with Crippen LogP contribution in [0.2, 0.25) is 0 Å². The average molecular weight is 342 g/mol. The lowest BCUT2D eigenvalue weighted by atomic mass is 10.1. The van der Waals surface area contributed by atoms with Crippen LogP contribution in [-0.4, -0.2) is 21.9 Å². The van der Waals surface area contributed by atoms with E-state index in [0.29, 0.717) is 17.4 Å². The molecule has 1 aliphatic rings. The van der Waals surface area contributed by atoms with Gasteiger partial charge in [-0.1, -0.05) is 43.9 Å². The zero-order chi connectivity index (χ0) is 17.5. The molecule has 2 aromatic rings. The number of rotatable bonds is 5. The predicted octanol–water partition coefficient (Wildman–Crippen LogP) is 3.68. The molecule has 1 amide bonds. The number of amides is 1. The quantitative estimate of drug-likeness (QED) is 0.814. The first-order valence-corrected chi connectivity index (χ1v) is 8.82. The van der Waals surface area contributed by atoms with Gasteiger partial charge < -0.3 is 10.6 Å². The van der Waals surface area contributed by atoms with Crippen molar-refractivity contribution in [3.8, 4) is 0 Å². The number of nitrogens with one attached hydrogen (secondary N) is 2. The first-order valence-electron chi connectivity index (χ1n) is 8.82.